The van der Waals surface area contributed by atoms with E-state index in [2.05, 4.69) is 11.6 Å². The summed E-state index contributed by atoms with van der Waals surface area (Å²) in [5.74, 6) is 0. The Bertz CT molecular complexity index is 459. The molecule has 0 aliphatic heterocycles. The first kappa shape index (κ1) is 12.6. The lowest BCUT2D eigenvalue weighted by Gasteiger charge is -2.12. The van der Waals surface area contributed by atoms with Crippen molar-refractivity contribution in [1.82, 2.24) is 4.72 Å². The Hall–Kier alpha value is -0.870. The third kappa shape index (κ3) is 3.07. The van der Waals surface area contributed by atoms with Gasteiger partial charge in [-0.1, -0.05) is 31.9 Å². The summed E-state index contributed by atoms with van der Waals surface area (Å²) in [6.45, 7) is 2.06. The molecule has 1 aliphatic rings. The minimum Gasteiger partial charge on any atom is -0.208 e. The van der Waals surface area contributed by atoms with Gasteiger partial charge in [-0.05, 0) is 37.0 Å². The van der Waals surface area contributed by atoms with Crippen LogP contribution in [0.1, 0.15) is 38.2 Å². The number of rotatable bonds is 4. The highest BCUT2D eigenvalue weighted by Gasteiger charge is 2.22. The van der Waals surface area contributed by atoms with Crippen LogP contribution in [0, 0.1) is 0 Å². The molecule has 0 unspecified atom stereocenters. The molecule has 0 spiro atoms. The van der Waals surface area contributed by atoms with E-state index in [0.717, 1.165) is 37.7 Å². The molecule has 0 atom stereocenters. The van der Waals surface area contributed by atoms with Gasteiger partial charge in [-0.25, -0.2) is 13.1 Å². The maximum absolute atomic E-state index is 12.1. The maximum Gasteiger partial charge on any atom is 0.240 e. The molecule has 2 rings (SSSR count). The second kappa shape index (κ2) is 5.19. The van der Waals surface area contributed by atoms with E-state index in [-0.39, 0.29) is 6.04 Å². The second-order valence-corrected chi connectivity index (χ2v) is 6.31. The van der Waals surface area contributed by atoms with Crippen molar-refractivity contribution in [2.75, 3.05) is 0 Å². The topological polar surface area (TPSA) is 46.2 Å². The standard InChI is InChI=1S/C13H19NO2S/c1-2-11-7-9-13(10-8-11)17(15,16)14-12-5-3-4-6-12/h7-10,12,14H,2-6H2,1H3. The van der Waals surface area contributed by atoms with Crippen molar-refractivity contribution in [1.29, 1.82) is 0 Å². The SMILES string of the molecule is CCc1ccc(S(=O)(=O)NC2CCCC2)cc1. The van der Waals surface area contributed by atoms with Gasteiger partial charge >= 0.3 is 0 Å². The Balaban J connectivity index is 2.12. The highest BCUT2D eigenvalue weighted by molar-refractivity contribution is 7.89. The summed E-state index contributed by atoms with van der Waals surface area (Å²) in [4.78, 5) is 0.376. The first-order valence-electron chi connectivity index (χ1n) is 6.23. The molecule has 1 saturated carbocycles. The summed E-state index contributed by atoms with van der Waals surface area (Å²) in [7, 11) is -3.32. The Morgan fingerprint density at radius 2 is 1.76 bits per heavy atom. The summed E-state index contributed by atoms with van der Waals surface area (Å²) in [6, 6.07) is 7.27. The molecule has 0 heterocycles. The average molecular weight is 253 g/mol. The van der Waals surface area contributed by atoms with E-state index in [9.17, 15) is 8.42 Å². The van der Waals surface area contributed by atoms with Crippen LogP contribution >= 0.6 is 0 Å². The van der Waals surface area contributed by atoms with Crippen molar-refractivity contribution < 1.29 is 8.42 Å². The Morgan fingerprint density at radius 1 is 1.18 bits per heavy atom. The van der Waals surface area contributed by atoms with Crippen LogP contribution in [0.15, 0.2) is 29.2 Å². The molecular weight excluding hydrogens is 234 g/mol. The third-order valence-electron chi connectivity index (χ3n) is 3.32. The summed E-state index contributed by atoms with van der Waals surface area (Å²) >= 11 is 0. The molecular formula is C13H19NO2S. The number of sulfonamides is 1. The van der Waals surface area contributed by atoms with Crippen LogP contribution in [-0.2, 0) is 16.4 Å². The highest BCUT2D eigenvalue weighted by Crippen LogP contribution is 2.20. The van der Waals surface area contributed by atoms with E-state index in [1.807, 2.05) is 12.1 Å². The fraction of sp³-hybridized carbons (Fsp3) is 0.538. The molecule has 4 heteroatoms. The zero-order valence-corrected chi connectivity index (χ0v) is 11.0. The molecule has 0 bridgehead atoms. The lowest BCUT2D eigenvalue weighted by molar-refractivity contribution is 0.552. The fourth-order valence-electron chi connectivity index (χ4n) is 2.24. The van der Waals surface area contributed by atoms with E-state index in [0.29, 0.717) is 4.90 Å². The van der Waals surface area contributed by atoms with Gasteiger partial charge in [0.2, 0.25) is 10.0 Å². The molecule has 1 aromatic carbocycles. The van der Waals surface area contributed by atoms with Crippen LogP contribution in [0.25, 0.3) is 0 Å². The van der Waals surface area contributed by atoms with Crippen LogP contribution in [0.3, 0.4) is 0 Å². The average Bonchev–Trinajstić information content (AvgIpc) is 2.81. The number of aryl methyl sites for hydroxylation is 1. The molecule has 1 aromatic rings. The van der Waals surface area contributed by atoms with Crippen molar-refractivity contribution >= 4 is 10.0 Å². The molecule has 0 aromatic heterocycles. The first-order chi connectivity index (χ1) is 8.12. The summed E-state index contributed by atoms with van der Waals surface area (Å²) in [5.41, 5.74) is 1.16. The normalized spacial score (nSPS) is 17.5. The summed E-state index contributed by atoms with van der Waals surface area (Å²) in [6.07, 6.45) is 5.11. The van der Waals surface area contributed by atoms with Crippen molar-refractivity contribution in [2.45, 2.75) is 50.0 Å². The van der Waals surface area contributed by atoms with Crippen molar-refractivity contribution in [3.8, 4) is 0 Å². The number of hydrogen-bond acceptors (Lipinski definition) is 2. The summed E-state index contributed by atoms with van der Waals surface area (Å²) < 4.78 is 26.9. The number of benzene rings is 1. The molecule has 17 heavy (non-hydrogen) atoms. The van der Waals surface area contributed by atoms with E-state index >= 15 is 0 Å². The molecule has 0 amide bonds. The molecule has 0 radical (unpaired) electrons. The first-order valence-corrected chi connectivity index (χ1v) is 7.71. The molecule has 3 nitrogen and oxygen atoms in total. The van der Waals surface area contributed by atoms with Crippen LogP contribution in [0.5, 0.6) is 0 Å². The Morgan fingerprint density at radius 3 is 2.29 bits per heavy atom. The van der Waals surface area contributed by atoms with Gasteiger partial charge < -0.3 is 0 Å². The number of hydrogen-bond donors (Lipinski definition) is 1. The third-order valence-corrected chi connectivity index (χ3v) is 4.86. The minimum absolute atomic E-state index is 0.130. The van der Waals surface area contributed by atoms with Gasteiger partial charge in [0.25, 0.3) is 0 Å². The van der Waals surface area contributed by atoms with Gasteiger partial charge in [-0.15, -0.1) is 0 Å². The lowest BCUT2D eigenvalue weighted by atomic mass is 10.2. The maximum atomic E-state index is 12.1. The van der Waals surface area contributed by atoms with E-state index in [1.54, 1.807) is 12.1 Å². The predicted octanol–water partition coefficient (Wildman–Crippen LogP) is 2.47. The molecule has 1 N–H and O–H groups in total. The van der Waals surface area contributed by atoms with E-state index in [1.165, 1.54) is 0 Å². The predicted molar refractivity (Wildman–Crippen MR) is 68.4 cm³/mol. The van der Waals surface area contributed by atoms with Crippen molar-refractivity contribution in [3.63, 3.8) is 0 Å². The van der Waals surface area contributed by atoms with E-state index in [4.69, 9.17) is 0 Å². The van der Waals surface area contributed by atoms with Gasteiger partial charge in [-0.2, -0.15) is 0 Å². The highest BCUT2D eigenvalue weighted by atomic mass is 32.2. The van der Waals surface area contributed by atoms with E-state index < -0.39 is 10.0 Å². The van der Waals surface area contributed by atoms with Gasteiger partial charge in [0.05, 0.1) is 4.90 Å². The zero-order chi connectivity index (χ0) is 12.3. The quantitative estimate of drug-likeness (QED) is 0.896. The largest absolute Gasteiger partial charge is 0.240 e. The minimum atomic E-state index is -3.32. The summed E-state index contributed by atoms with van der Waals surface area (Å²) in [5, 5.41) is 0. The van der Waals surface area contributed by atoms with Crippen LogP contribution in [0.4, 0.5) is 0 Å². The smallest absolute Gasteiger partial charge is 0.208 e. The number of nitrogens with one attached hydrogen (secondary N) is 1. The Labute approximate surface area is 103 Å². The zero-order valence-electron chi connectivity index (χ0n) is 10.1. The lowest BCUT2D eigenvalue weighted by Crippen LogP contribution is -2.32. The molecule has 1 aliphatic carbocycles. The van der Waals surface area contributed by atoms with Crippen LogP contribution < -0.4 is 4.72 Å². The molecule has 1 fully saturated rings. The van der Waals surface area contributed by atoms with Gasteiger partial charge in [0.15, 0.2) is 0 Å². The molecule has 94 valence electrons. The van der Waals surface area contributed by atoms with Gasteiger partial charge in [-0.3, -0.25) is 0 Å². The Kier molecular flexibility index (Phi) is 3.84. The fourth-order valence-corrected chi connectivity index (χ4v) is 3.54. The van der Waals surface area contributed by atoms with Gasteiger partial charge in [0.1, 0.15) is 0 Å². The second-order valence-electron chi connectivity index (χ2n) is 4.60. The monoisotopic (exact) mass is 253 g/mol. The van der Waals surface area contributed by atoms with Crippen LogP contribution in [-0.4, -0.2) is 14.5 Å². The molecule has 0 saturated heterocycles. The van der Waals surface area contributed by atoms with Crippen LogP contribution in [0.2, 0.25) is 0 Å². The van der Waals surface area contributed by atoms with Gasteiger partial charge in [0, 0.05) is 6.04 Å². The van der Waals surface area contributed by atoms with Crippen molar-refractivity contribution in [2.24, 2.45) is 0 Å². The van der Waals surface area contributed by atoms with Crippen molar-refractivity contribution in [3.05, 3.63) is 29.8 Å².